The zero-order chi connectivity index (χ0) is 18.2. The Balaban J connectivity index is 1.32. The molecule has 6 nitrogen and oxygen atoms in total. The third-order valence-electron chi connectivity index (χ3n) is 4.60. The molecular formula is C20H25N3O3. The van der Waals surface area contributed by atoms with E-state index < -0.39 is 0 Å². The molecule has 0 spiro atoms. The maximum absolute atomic E-state index is 12.3. The first kappa shape index (κ1) is 18.2. The maximum Gasteiger partial charge on any atom is 0.289 e. The van der Waals surface area contributed by atoms with Crippen molar-refractivity contribution in [2.45, 2.75) is 12.8 Å². The number of nitrogens with zero attached hydrogens (tertiary/aromatic N) is 2. The van der Waals surface area contributed by atoms with Crippen molar-refractivity contribution in [1.29, 1.82) is 0 Å². The summed E-state index contributed by atoms with van der Waals surface area (Å²) in [4.78, 5) is 28.1. The summed E-state index contributed by atoms with van der Waals surface area (Å²) in [5.41, 5.74) is 1.30. The predicted octanol–water partition coefficient (Wildman–Crippen LogP) is 1.79. The van der Waals surface area contributed by atoms with Crippen LogP contribution >= 0.6 is 0 Å². The highest BCUT2D eigenvalue weighted by Crippen LogP contribution is 2.10. The van der Waals surface area contributed by atoms with E-state index in [0.29, 0.717) is 44.9 Å². The van der Waals surface area contributed by atoms with E-state index in [1.165, 1.54) is 11.8 Å². The molecule has 1 N–H and O–H groups in total. The molecule has 0 saturated carbocycles. The van der Waals surface area contributed by atoms with E-state index in [1.807, 2.05) is 23.1 Å². The van der Waals surface area contributed by atoms with Crippen molar-refractivity contribution in [3.05, 3.63) is 60.1 Å². The second-order valence-corrected chi connectivity index (χ2v) is 6.39. The van der Waals surface area contributed by atoms with Crippen molar-refractivity contribution >= 4 is 11.8 Å². The molecule has 2 aromatic rings. The number of nitrogens with one attached hydrogen (secondary N) is 1. The average Bonchev–Trinajstić information content (AvgIpc) is 3.23. The maximum atomic E-state index is 12.3. The molecule has 2 heterocycles. The Bertz CT molecular complexity index is 692. The third-order valence-corrected chi connectivity index (χ3v) is 4.60. The van der Waals surface area contributed by atoms with Crippen LogP contribution in [-0.4, -0.2) is 60.9 Å². The summed E-state index contributed by atoms with van der Waals surface area (Å²) < 4.78 is 5.15. The third kappa shape index (κ3) is 4.95. The van der Waals surface area contributed by atoms with Crippen molar-refractivity contribution in [1.82, 2.24) is 15.1 Å². The second-order valence-electron chi connectivity index (χ2n) is 6.39. The summed E-state index contributed by atoms with van der Waals surface area (Å²) in [5, 5.41) is 3.32. The quantitative estimate of drug-likeness (QED) is 0.769. The van der Waals surface area contributed by atoms with Crippen LogP contribution in [0.15, 0.2) is 53.1 Å². The first-order valence-electron chi connectivity index (χ1n) is 9.09. The average molecular weight is 355 g/mol. The molecule has 2 amide bonds. The number of benzene rings is 1. The number of rotatable bonds is 7. The summed E-state index contributed by atoms with van der Waals surface area (Å²) >= 11 is 0. The van der Waals surface area contributed by atoms with Gasteiger partial charge in [0.05, 0.1) is 6.26 Å². The van der Waals surface area contributed by atoms with Gasteiger partial charge < -0.3 is 19.5 Å². The molecule has 0 atom stereocenters. The largest absolute Gasteiger partial charge is 0.459 e. The van der Waals surface area contributed by atoms with Crippen molar-refractivity contribution in [2.24, 2.45) is 0 Å². The Morgan fingerprint density at radius 1 is 0.923 bits per heavy atom. The number of hydrogen-bond donors (Lipinski definition) is 1. The van der Waals surface area contributed by atoms with Gasteiger partial charge in [-0.15, -0.1) is 0 Å². The summed E-state index contributed by atoms with van der Waals surface area (Å²) in [6, 6.07) is 13.7. The molecule has 1 aromatic heterocycles. The van der Waals surface area contributed by atoms with Crippen LogP contribution in [0.5, 0.6) is 0 Å². The fraction of sp³-hybridized carbons (Fsp3) is 0.400. The van der Waals surface area contributed by atoms with Crippen molar-refractivity contribution < 1.29 is 14.0 Å². The van der Waals surface area contributed by atoms with E-state index in [-0.39, 0.29) is 11.8 Å². The van der Waals surface area contributed by atoms with E-state index in [0.717, 1.165) is 13.0 Å². The van der Waals surface area contributed by atoms with Gasteiger partial charge in [0.1, 0.15) is 0 Å². The van der Waals surface area contributed by atoms with Gasteiger partial charge in [-0.25, -0.2) is 0 Å². The smallest absolute Gasteiger partial charge is 0.289 e. The van der Waals surface area contributed by atoms with Crippen LogP contribution < -0.4 is 5.32 Å². The topological polar surface area (TPSA) is 65.8 Å². The zero-order valence-electron chi connectivity index (χ0n) is 14.9. The molecular weight excluding hydrogens is 330 g/mol. The number of piperazine rings is 1. The molecule has 0 bridgehead atoms. The first-order chi connectivity index (χ1) is 12.7. The summed E-state index contributed by atoms with van der Waals surface area (Å²) in [5.74, 6) is 0.388. The first-order valence-corrected chi connectivity index (χ1v) is 9.09. The van der Waals surface area contributed by atoms with Crippen LogP contribution in [0.3, 0.4) is 0 Å². The van der Waals surface area contributed by atoms with Crippen LogP contribution in [0, 0.1) is 0 Å². The van der Waals surface area contributed by atoms with E-state index in [9.17, 15) is 9.59 Å². The van der Waals surface area contributed by atoms with Crippen LogP contribution in [-0.2, 0) is 11.2 Å². The van der Waals surface area contributed by atoms with Crippen molar-refractivity contribution in [2.75, 3.05) is 39.3 Å². The van der Waals surface area contributed by atoms with Gasteiger partial charge in [-0.1, -0.05) is 30.3 Å². The minimum Gasteiger partial charge on any atom is -0.459 e. The molecule has 1 aliphatic rings. The fourth-order valence-corrected chi connectivity index (χ4v) is 3.07. The molecule has 0 aliphatic carbocycles. The molecule has 0 unspecified atom stereocenters. The molecule has 1 aromatic carbocycles. The number of hydrogen-bond acceptors (Lipinski definition) is 4. The van der Waals surface area contributed by atoms with Gasteiger partial charge in [0, 0.05) is 39.1 Å². The molecule has 1 fully saturated rings. The number of furan rings is 1. The standard InChI is InChI=1S/C20H25N3O3/c24-19(9-11-21-10-8-17-5-2-1-3-6-17)22-12-14-23(15-13-22)20(25)18-7-4-16-26-18/h1-7,16,21H,8-15H2. The highest BCUT2D eigenvalue weighted by molar-refractivity contribution is 5.91. The van der Waals surface area contributed by atoms with Crippen LogP contribution in [0.25, 0.3) is 0 Å². The summed E-state index contributed by atoms with van der Waals surface area (Å²) in [6.07, 6.45) is 2.95. The van der Waals surface area contributed by atoms with Gasteiger partial charge in [-0.3, -0.25) is 9.59 Å². The zero-order valence-corrected chi connectivity index (χ0v) is 14.9. The van der Waals surface area contributed by atoms with Crippen molar-refractivity contribution in [3.8, 4) is 0 Å². The van der Waals surface area contributed by atoms with E-state index in [1.54, 1.807) is 17.0 Å². The lowest BCUT2D eigenvalue weighted by molar-refractivity contribution is -0.132. The lowest BCUT2D eigenvalue weighted by Gasteiger charge is -2.34. The summed E-state index contributed by atoms with van der Waals surface area (Å²) in [7, 11) is 0. The Morgan fingerprint density at radius 3 is 2.35 bits per heavy atom. The van der Waals surface area contributed by atoms with E-state index >= 15 is 0 Å². The van der Waals surface area contributed by atoms with Gasteiger partial charge in [-0.2, -0.15) is 0 Å². The minimum atomic E-state index is -0.107. The summed E-state index contributed by atoms with van der Waals surface area (Å²) in [6.45, 7) is 3.80. The van der Waals surface area contributed by atoms with Gasteiger partial charge in [0.15, 0.2) is 5.76 Å². The van der Waals surface area contributed by atoms with Crippen LogP contribution in [0.4, 0.5) is 0 Å². The molecule has 26 heavy (non-hydrogen) atoms. The Morgan fingerprint density at radius 2 is 1.65 bits per heavy atom. The Labute approximate surface area is 153 Å². The van der Waals surface area contributed by atoms with Gasteiger partial charge >= 0.3 is 0 Å². The lowest BCUT2D eigenvalue weighted by Crippen LogP contribution is -2.50. The Hall–Kier alpha value is -2.60. The normalized spacial score (nSPS) is 14.5. The molecule has 1 saturated heterocycles. The van der Waals surface area contributed by atoms with Crippen molar-refractivity contribution in [3.63, 3.8) is 0 Å². The van der Waals surface area contributed by atoms with Crippen LogP contribution in [0.2, 0.25) is 0 Å². The number of amides is 2. The molecule has 3 rings (SSSR count). The van der Waals surface area contributed by atoms with Gasteiger partial charge in [0.25, 0.3) is 5.91 Å². The predicted molar refractivity (Wildman–Crippen MR) is 98.8 cm³/mol. The monoisotopic (exact) mass is 355 g/mol. The van der Waals surface area contributed by atoms with Crippen LogP contribution in [0.1, 0.15) is 22.5 Å². The second kappa shape index (κ2) is 9.20. The molecule has 138 valence electrons. The minimum absolute atomic E-state index is 0.107. The SMILES string of the molecule is O=C(CCNCCc1ccccc1)N1CCN(C(=O)c2ccco2)CC1. The molecule has 1 aliphatic heterocycles. The number of carbonyl (C=O) groups is 2. The highest BCUT2D eigenvalue weighted by Gasteiger charge is 2.25. The Kier molecular flexibility index (Phi) is 6.44. The van der Waals surface area contributed by atoms with E-state index in [2.05, 4.69) is 17.4 Å². The van der Waals surface area contributed by atoms with E-state index in [4.69, 9.17) is 4.42 Å². The lowest BCUT2D eigenvalue weighted by atomic mass is 10.1. The highest BCUT2D eigenvalue weighted by atomic mass is 16.3. The van der Waals surface area contributed by atoms with Gasteiger partial charge in [0.2, 0.25) is 5.91 Å². The molecule has 6 heteroatoms. The molecule has 0 radical (unpaired) electrons. The fourth-order valence-electron chi connectivity index (χ4n) is 3.07. The van der Waals surface area contributed by atoms with Gasteiger partial charge in [-0.05, 0) is 30.7 Å². The number of carbonyl (C=O) groups excluding carboxylic acids is 2.